The fraction of sp³-hybridized carbons (Fsp3) is 0.667. The average molecular weight is 402 g/mol. The normalized spacial score (nSPS) is 38.4. The molecule has 1 saturated heterocycles. The quantitative estimate of drug-likeness (QED) is 0.252. The number of aliphatic hydroxyl groups excluding tert-OH is 4. The van der Waals surface area contributed by atoms with E-state index >= 15 is 0 Å². The van der Waals surface area contributed by atoms with Gasteiger partial charge in [-0.15, -0.1) is 6.58 Å². The molecule has 1 heterocycles. The molecule has 0 aromatic heterocycles. The number of methoxy groups -OCH3 is 1. The molecule has 158 valence electrons. The summed E-state index contributed by atoms with van der Waals surface area (Å²) in [7, 11) is 1.19. The van der Waals surface area contributed by atoms with Crippen molar-refractivity contribution in [3.63, 3.8) is 0 Å². The minimum absolute atomic E-state index is 0.173. The van der Waals surface area contributed by atoms with Gasteiger partial charge in [0.1, 0.15) is 24.4 Å². The fourth-order valence-electron chi connectivity index (χ4n) is 3.62. The third kappa shape index (κ3) is 4.59. The lowest BCUT2D eigenvalue weighted by Crippen LogP contribution is -2.60. The number of carboxylic acid groups (broad SMARTS) is 1. The second-order valence-electron chi connectivity index (χ2n) is 6.78. The summed E-state index contributed by atoms with van der Waals surface area (Å²) >= 11 is 0. The molecule has 0 amide bonds. The molecule has 0 aromatic rings. The molecule has 2 rings (SSSR count). The highest BCUT2D eigenvalue weighted by Crippen LogP contribution is 2.38. The second-order valence-corrected chi connectivity index (χ2v) is 6.78. The van der Waals surface area contributed by atoms with Gasteiger partial charge in [0.25, 0.3) is 0 Å². The van der Waals surface area contributed by atoms with Gasteiger partial charge in [-0.2, -0.15) is 0 Å². The fourth-order valence-corrected chi connectivity index (χ4v) is 3.62. The summed E-state index contributed by atoms with van der Waals surface area (Å²) in [4.78, 5) is 23.3. The van der Waals surface area contributed by atoms with Crippen molar-refractivity contribution in [2.24, 2.45) is 11.8 Å². The molecule has 0 bridgehead atoms. The summed E-state index contributed by atoms with van der Waals surface area (Å²) in [5.41, 5.74) is 0.198. The van der Waals surface area contributed by atoms with Gasteiger partial charge in [0, 0.05) is 17.4 Å². The summed E-state index contributed by atoms with van der Waals surface area (Å²) in [6.07, 6.45) is -5.18. The van der Waals surface area contributed by atoms with Crippen molar-refractivity contribution in [2.45, 2.75) is 49.7 Å². The number of rotatable bonds is 7. The predicted octanol–water partition coefficient (Wildman–Crippen LogP) is -1.43. The molecule has 0 spiro atoms. The van der Waals surface area contributed by atoms with Crippen LogP contribution in [0.2, 0.25) is 0 Å². The third-order valence-electron chi connectivity index (χ3n) is 5.11. The predicted molar refractivity (Wildman–Crippen MR) is 92.8 cm³/mol. The molecule has 2 aliphatic rings. The molecule has 28 heavy (non-hydrogen) atoms. The van der Waals surface area contributed by atoms with Gasteiger partial charge in [0.2, 0.25) is 0 Å². The first-order valence-corrected chi connectivity index (χ1v) is 8.83. The molecule has 10 nitrogen and oxygen atoms in total. The van der Waals surface area contributed by atoms with Crippen LogP contribution in [-0.2, 0) is 23.8 Å². The Morgan fingerprint density at radius 2 is 1.96 bits per heavy atom. The zero-order valence-corrected chi connectivity index (χ0v) is 15.4. The lowest BCUT2D eigenvalue weighted by atomic mass is 9.74. The number of carboxylic acids is 1. The lowest BCUT2D eigenvalue weighted by Gasteiger charge is -2.43. The van der Waals surface area contributed by atoms with Crippen LogP contribution in [0, 0.1) is 11.8 Å². The molecule has 8 unspecified atom stereocenters. The van der Waals surface area contributed by atoms with Crippen molar-refractivity contribution in [2.75, 3.05) is 13.7 Å². The van der Waals surface area contributed by atoms with E-state index in [1.807, 2.05) is 0 Å². The molecular formula is C18H26O10. The Morgan fingerprint density at radius 3 is 2.50 bits per heavy atom. The Labute approximate surface area is 161 Å². The van der Waals surface area contributed by atoms with Crippen LogP contribution >= 0.6 is 0 Å². The maximum Gasteiger partial charge on any atom is 0.333 e. The van der Waals surface area contributed by atoms with Crippen molar-refractivity contribution in [1.29, 1.82) is 0 Å². The maximum absolute atomic E-state index is 12.0. The number of aliphatic carboxylic acids is 1. The summed E-state index contributed by atoms with van der Waals surface area (Å²) < 4.78 is 15.8. The smallest absolute Gasteiger partial charge is 0.333 e. The van der Waals surface area contributed by atoms with Crippen LogP contribution in [0.25, 0.3) is 0 Å². The Morgan fingerprint density at radius 1 is 1.29 bits per heavy atom. The van der Waals surface area contributed by atoms with Crippen LogP contribution in [0.3, 0.4) is 0 Å². The summed E-state index contributed by atoms with van der Waals surface area (Å²) in [5, 5.41) is 48.4. The molecule has 1 aliphatic heterocycles. The number of ether oxygens (including phenoxy) is 3. The van der Waals surface area contributed by atoms with Crippen LogP contribution in [0.1, 0.15) is 12.8 Å². The van der Waals surface area contributed by atoms with E-state index in [-0.39, 0.29) is 18.4 Å². The SMILES string of the molecule is C=CC1C(OC2OC(CO)C(O)C(O)C2O)CC=C(C(=O)OC)C1CC(=O)O. The van der Waals surface area contributed by atoms with Crippen LogP contribution in [0.5, 0.6) is 0 Å². The van der Waals surface area contributed by atoms with Gasteiger partial charge in [0.05, 0.1) is 26.2 Å². The Hall–Kier alpha value is -1.82. The average Bonchev–Trinajstić information content (AvgIpc) is 2.67. The summed E-state index contributed by atoms with van der Waals surface area (Å²) in [5.74, 6) is -3.17. The monoisotopic (exact) mass is 402 g/mol. The van der Waals surface area contributed by atoms with E-state index in [4.69, 9.17) is 14.2 Å². The minimum atomic E-state index is -1.60. The van der Waals surface area contributed by atoms with Crippen molar-refractivity contribution in [3.05, 3.63) is 24.3 Å². The van der Waals surface area contributed by atoms with E-state index < -0.39 is 67.2 Å². The highest BCUT2D eigenvalue weighted by Gasteiger charge is 2.46. The van der Waals surface area contributed by atoms with E-state index in [1.54, 1.807) is 0 Å². The zero-order valence-electron chi connectivity index (χ0n) is 15.4. The molecule has 1 aliphatic carbocycles. The first kappa shape index (κ1) is 22.5. The molecule has 10 heteroatoms. The highest BCUT2D eigenvalue weighted by atomic mass is 16.7. The van der Waals surface area contributed by atoms with E-state index in [9.17, 15) is 35.1 Å². The lowest BCUT2D eigenvalue weighted by molar-refractivity contribution is -0.314. The van der Waals surface area contributed by atoms with E-state index in [2.05, 4.69) is 6.58 Å². The van der Waals surface area contributed by atoms with Gasteiger partial charge < -0.3 is 39.7 Å². The van der Waals surface area contributed by atoms with Crippen LogP contribution in [0.4, 0.5) is 0 Å². The van der Waals surface area contributed by atoms with Gasteiger partial charge in [0.15, 0.2) is 6.29 Å². The van der Waals surface area contributed by atoms with Gasteiger partial charge in [-0.25, -0.2) is 4.79 Å². The number of hydrogen-bond donors (Lipinski definition) is 5. The summed E-state index contributed by atoms with van der Waals surface area (Å²) in [6.45, 7) is 3.09. The van der Waals surface area contributed by atoms with E-state index in [0.717, 1.165) is 0 Å². The van der Waals surface area contributed by atoms with Crippen LogP contribution in [0.15, 0.2) is 24.3 Å². The number of aliphatic hydroxyl groups is 4. The number of hydrogen-bond acceptors (Lipinski definition) is 9. The van der Waals surface area contributed by atoms with Gasteiger partial charge in [-0.3, -0.25) is 4.79 Å². The van der Waals surface area contributed by atoms with Gasteiger partial charge in [-0.1, -0.05) is 12.2 Å². The highest BCUT2D eigenvalue weighted by molar-refractivity contribution is 5.90. The molecule has 0 radical (unpaired) electrons. The van der Waals surface area contributed by atoms with Gasteiger partial charge >= 0.3 is 11.9 Å². The Balaban J connectivity index is 2.24. The minimum Gasteiger partial charge on any atom is -0.481 e. The number of carbonyl (C=O) groups is 2. The topological polar surface area (TPSA) is 163 Å². The molecular weight excluding hydrogens is 376 g/mol. The second kappa shape index (κ2) is 9.59. The first-order chi connectivity index (χ1) is 13.2. The van der Waals surface area contributed by atoms with Crippen molar-refractivity contribution >= 4 is 11.9 Å². The van der Waals surface area contributed by atoms with Crippen molar-refractivity contribution < 1.29 is 49.3 Å². The standard InChI is InChI=1S/C18H26O10/c1-3-8-10(6-13(20)21)9(17(25)26-2)4-5-11(8)27-18-16(24)15(23)14(22)12(7-19)28-18/h3-4,8,10-12,14-16,18-19,22-24H,1,5-7H2,2H3,(H,20,21). The molecule has 5 N–H and O–H groups in total. The van der Waals surface area contributed by atoms with Crippen molar-refractivity contribution in [3.8, 4) is 0 Å². The van der Waals surface area contributed by atoms with Crippen molar-refractivity contribution in [1.82, 2.24) is 0 Å². The summed E-state index contributed by atoms with van der Waals surface area (Å²) in [6, 6.07) is 0. The Bertz CT molecular complexity index is 615. The largest absolute Gasteiger partial charge is 0.481 e. The van der Waals surface area contributed by atoms with E-state index in [0.29, 0.717) is 0 Å². The van der Waals surface area contributed by atoms with Crippen LogP contribution in [-0.4, -0.2) is 88.0 Å². The molecule has 1 fully saturated rings. The third-order valence-corrected chi connectivity index (χ3v) is 5.11. The molecule has 0 saturated carbocycles. The maximum atomic E-state index is 12.0. The zero-order chi connectivity index (χ0) is 21.0. The van der Waals surface area contributed by atoms with E-state index in [1.165, 1.54) is 19.3 Å². The number of carbonyl (C=O) groups excluding carboxylic acids is 1. The molecule has 0 aromatic carbocycles. The number of esters is 1. The van der Waals surface area contributed by atoms with Crippen LogP contribution < -0.4 is 0 Å². The first-order valence-electron chi connectivity index (χ1n) is 8.83. The molecule has 8 atom stereocenters. The Kier molecular flexibility index (Phi) is 7.70. The van der Waals surface area contributed by atoms with Gasteiger partial charge in [-0.05, 0) is 6.42 Å².